The fraction of sp³-hybridized carbons (Fsp3) is 0.400. The molecule has 0 fully saturated rings. The first kappa shape index (κ1) is 18.0. The lowest BCUT2D eigenvalue weighted by Gasteiger charge is -2.24. The van der Waals surface area contributed by atoms with Crippen molar-refractivity contribution in [1.82, 2.24) is 4.31 Å². The van der Waals surface area contributed by atoms with Gasteiger partial charge in [-0.15, -0.1) is 0 Å². The summed E-state index contributed by atoms with van der Waals surface area (Å²) < 4.78 is 30.4. The first-order valence-electron chi connectivity index (χ1n) is 6.49. The summed E-state index contributed by atoms with van der Waals surface area (Å²) in [6.07, 6.45) is -0.959. The van der Waals surface area contributed by atoms with Gasteiger partial charge in [-0.25, -0.2) is 17.5 Å². The van der Waals surface area contributed by atoms with Crippen LogP contribution in [0.3, 0.4) is 0 Å². The van der Waals surface area contributed by atoms with Crippen LogP contribution in [0.25, 0.3) is 0 Å². The molecule has 6 nitrogen and oxygen atoms in total. The number of aliphatic hydroxyl groups excluding tert-OH is 1. The van der Waals surface area contributed by atoms with E-state index >= 15 is 0 Å². The summed E-state index contributed by atoms with van der Waals surface area (Å²) >= 11 is 0. The zero-order chi connectivity index (χ0) is 17.0. The van der Waals surface area contributed by atoms with Gasteiger partial charge in [0.1, 0.15) is 12.2 Å². The van der Waals surface area contributed by atoms with E-state index in [4.69, 9.17) is 9.84 Å². The summed E-state index contributed by atoms with van der Waals surface area (Å²) in [5, 5.41) is 8.66. The van der Waals surface area contributed by atoms with E-state index in [1.807, 2.05) is 0 Å². The first-order valence-corrected chi connectivity index (χ1v) is 7.93. The second kappa shape index (κ2) is 6.81. The molecule has 0 aliphatic rings. The molecule has 0 aromatic heterocycles. The van der Waals surface area contributed by atoms with E-state index < -0.39 is 21.7 Å². The van der Waals surface area contributed by atoms with Gasteiger partial charge in [-0.2, -0.15) is 0 Å². The lowest BCUT2D eigenvalue weighted by molar-refractivity contribution is 0.0420. The lowest BCUT2D eigenvalue weighted by atomic mass is 10.2. The predicted molar refractivity (Wildman–Crippen MR) is 81.6 cm³/mol. The standard InChI is InChI=1S/C15H19NO5S/c1-15(2,3)21-14(18)16(4)22(19,20)13-9-5-7-12(11-13)8-6-10-17/h5,7,9,11,17H,10H2,1-4H3. The van der Waals surface area contributed by atoms with Crippen LogP contribution in [0.4, 0.5) is 4.79 Å². The molecule has 1 rings (SSSR count). The Kier molecular flexibility index (Phi) is 5.58. The van der Waals surface area contributed by atoms with Crippen molar-refractivity contribution >= 4 is 16.1 Å². The van der Waals surface area contributed by atoms with Crippen LogP contribution < -0.4 is 0 Å². The van der Waals surface area contributed by atoms with Crippen LogP contribution in [0.5, 0.6) is 0 Å². The molecule has 1 N–H and O–H groups in total. The molecule has 120 valence electrons. The number of carbonyl (C=O) groups excluding carboxylic acids is 1. The van der Waals surface area contributed by atoms with Crippen molar-refractivity contribution in [2.24, 2.45) is 0 Å². The molecule has 0 unspecified atom stereocenters. The maximum absolute atomic E-state index is 12.4. The van der Waals surface area contributed by atoms with Crippen LogP contribution in [0.1, 0.15) is 26.3 Å². The average molecular weight is 325 g/mol. The molecule has 0 atom stereocenters. The number of ether oxygens (including phenoxy) is 1. The molecule has 1 aromatic carbocycles. The fourth-order valence-corrected chi connectivity index (χ4v) is 2.53. The minimum absolute atomic E-state index is 0.0781. The number of nitrogens with zero attached hydrogens (tertiary/aromatic N) is 1. The molecule has 0 heterocycles. The number of sulfonamides is 1. The summed E-state index contributed by atoms with van der Waals surface area (Å²) in [5.41, 5.74) is -0.373. The van der Waals surface area contributed by atoms with Gasteiger partial charge in [0.25, 0.3) is 10.0 Å². The van der Waals surface area contributed by atoms with E-state index in [9.17, 15) is 13.2 Å². The van der Waals surface area contributed by atoms with E-state index in [0.29, 0.717) is 9.87 Å². The molecule has 7 heteroatoms. The molecule has 0 saturated heterocycles. The zero-order valence-corrected chi connectivity index (χ0v) is 13.8. The monoisotopic (exact) mass is 325 g/mol. The van der Waals surface area contributed by atoms with Crippen LogP contribution in [-0.2, 0) is 14.8 Å². The summed E-state index contributed by atoms with van der Waals surface area (Å²) in [7, 11) is -2.90. The summed E-state index contributed by atoms with van der Waals surface area (Å²) in [4.78, 5) is 11.8. The summed E-state index contributed by atoms with van der Waals surface area (Å²) in [5.74, 6) is 5.05. The number of aliphatic hydroxyl groups is 1. The number of benzene rings is 1. The molecule has 0 saturated carbocycles. The van der Waals surface area contributed by atoms with Crippen molar-refractivity contribution in [1.29, 1.82) is 0 Å². The topological polar surface area (TPSA) is 83.9 Å². The molecule has 0 spiro atoms. The third kappa shape index (κ3) is 4.76. The van der Waals surface area contributed by atoms with Gasteiger partial charge in [-0.05, 0) is 39.0 Å². The minimum Gasteiger partial charge on any atom is -0.443 e. The van der Waals surface area contributed by atoms with E-state index in [2.05, 4.69) is 11.8 Å². The van der Waals surface area contributed by atoms with Crippen molar-refractivity contribution in [2.75, 3.05) is 13.7 Å². The van der Waals surface area contributed by atoms with Crippen LogP contribution in [-0.4, -0.2) is 43.2 Å². The van der Waals surface area contributed by atoms with E-state index in [0.717, 1.165) is 7.05 Å². The molecule has 0 aliphatic heterocycles. The van der Waals surface area contributed by atoms with Crippen molar-refractivity contribution < 1.29 is 23.1 Å². The van der Waals surface area contributed by atoms with Gasteiger partial charge in [-0.3, -0.25) is 0 Å². The maximum atomic E-state index is 12.4. The zero-order valence-electron chi connectivity index (χ0n) is 13.0. The largest absolute Gasteiger partial charge is 0.443 e. The van der Waals surface area contributed by atoms with Crippen molar-refractivity contribution in [2.45, 2.75) is 31.3 Å². The average Bonchev–Trinajstić information content (AvgIpc) is 2.42. The third-order valence-electron chi connectivity index (χ3n) is 2.45. The smallest absolute Gasteiger partial charge is 0.424 e. The van der Waals surface area contributed by atoms with Crippen molar-refractivity contribution in [3.63, 3.8) is 0 Å². The molecule has 0 aliphatic carbocycles. The van der Waals surface area contributed by atoms with Crippen LogP contribution in [0.2, 0.25) is 0 Å². The first-order chi connectivity index (χ1) is 10.1. The van der Waals surface area contributed by atoms with Crippen molar-refractivity contribution in [3.8, 4) is 11.8 Å². The molecular weight excluding hydrogens is 306 g/mol. The van der Waals surface area contributed by atoms with Gasteiger partial charge in [0.15, 0.2) is 0 Å². The van der Waals surface area contributed by atoms with E-state index in [-0.39, 0.29) is 11.5 Å². The SMILES string of the molecule is CN(C(=O)OC(C)(C)C)S(=O)(=O)c1cccc(C#CCO)c1. The quantitative estimate of drug-likeness (QED) is 0.835. The normalized spacial score (nSPS) is 11.3. The summed E-state index contributed by atoms with van der Waals surface area (Å²) in [6, 6.07) is 5.81. The van der Waals surface area contributed by atoms with Crippen LogP contribution >= 0.6 is 0 Å². The lowest BCUT2D eigenvalue weighted by Crippen LogP contribution is -2.38. The number of hydrogen-bond acceptors (Lipinski definition) is 5. The van der Waals surface area contributed by atoms with Gasteiger partial charge in [0.05, 0.1) is 4.90 Å². The van der Waals surface area contributed by atoms with Gasteiger partial charge in [-0.1, -0.05) is 17.9 Å². The van der Waals surface area contributed by atoms with Gasteiger partial charge < -0.3 is 9.84 Å². The Balaban J connectivity index is 3.11. The number of rotatable bonds is 2. The fourth-order valence-electron chi connectivity index (χ4n) is 1.46. The highest BCUT2D eigenvalue weighted by Gasteiger charge is 2.29. The minimum atomic E-state index is -4.03. The Bertz CT molecular complexity index is 707. The molecule has 0 radical (unpaired) electrons. The second-order valence-electron chi connectivity index (χ2n) is 5.44. The van der Waals surface area contributed by atoms with Crippen molar-refractivity contribution in [3.05, 3.63) is 29.8 Å². The highest BCUT2D eigenvalue weighted by molar-refractivity contribution is 7.89. The Morgan fingerprint density at radius 2 is 2.00 bits per heavy atom. The maximum Gasteiger partial charge on any atom is 0.424 e. The highest BCUT2D eigenvalue weighted by atomic mass is 32.2. The molecule has 1 aromatic rings. The highest BCUT2D eigenvalue weighted by Crippen LogP contribution is 2.18. The van der Waals surface area contributed by atoms with Gasteiger partial charge >= 0.3 is 6.09 Å². The summed E-state index contributed by atoms with van der Waals surface area (Å²) in [6.45, 7) is 4.62. The predicted octanol–water partition coefficient (Wildman–Crippen LogP) is 1.59. The van der Waals surface area contributed by atoms with E-state index in [1.165, 1.54) is 18.2 Å². The van der Waals surface area contributed by atoms with E-state index in [1.54, 1.807) is 26.8 Å². The Labute approximate surface area is 130 Å². The van der Waals surface area contributed by atoms with Crippen LogP contribution in [0, 0.1) is 11.8 Å². The third-order valence-corrected chi connectivity index (χ3v) is 4.17. The molecule has 1 amide bonds. The molecule has 22 heavy (non-hydrogen) atoms. The Morgan fingerprint density at radius 3 is 2.55 bits per heavy atom. The van der Waals surface area contributed by atoms with Gasteiger partial charge in [0.2, 0.25) is 0 Å². The Hall–Kier alpha value is -2.04. The number of carbonyl (C=O) groups is 1. The second-order valence-corrected chi connectivity index (χ2v) is 7.41. The van der Waals surface area contributed by atoms with Gasteiger partial charge in [0, 0.05) is 12.6 Å². The number of amides is 1. The molecular formula is C15H19NO5S. The van der Waals surface area contributed by atoms with Crippen LogP contribution in [0.15, 0.2) is 29.2 Å². The number of hydrogen-bond donors (Lipinski definition) is 1. The molecule has 0 bridgehead atoms. The Morgan fingerprint density at radius 1 is 1.36 bits per heavy atom.